The topological polar surface area (TPSA) is 75.1 Å². The van der Waals surface area contributed by atoms with E-state index in [2.05, 4.69) is 29.1 Å². The highest BCUT2D eigenvalue weighted by molar-refractivity contribution is 5.85. The van der Waals surface area contributed by atoms with Crippen LogP contribution >= 0.6 is 0 Å². The van der Waals surface area contributed by atoms with Crippen LogP contribution in [-0.2, 0) is 0 Å². The number of nitrogens with one attached hydrogen (secondary N) is 1. The van der Waals surface area contributed by atoms with Gasteiger partial charge in [0.15, 0.2) is 5.69 Å². The number of nitrogens with zero attached hydrogens (tertiary/aromatic N) is 2. The number of hydrogen-bond donors (Lipinski definition) is 2. The zero-order valence-corrected chi connectivity index (χ0v) is 10.3. The van der Waals surface area contributed by atoms with E-state index < -0.39 is 5.97 Å². The van der Waals surface area contributed by atoms with Gasteiger partial charge in [0.1, 0.15) is 5.82 Å². The molecule has 1 aromatic rings. The maximum atomic E-state index is 10.7. The van der Waals surface area contributed by atoms with Crippen molar-refractivity contribution in [3.8, 4) is 0 Å². The van der Waals surface area contributed by atoms with Gasteiger partial charge in [0.05, 0.1) is 12.4 Å². The zero-order chi connectivity index (χ0) is 12.7. The number of carboxylic acids is 1. The van der Waals surface area contributed by atoms with Crippen LogP contribution in [0.3, 0.4) is 0 Å². The third-order valence-corrected chi connectivity index (χ3v) is 2.49. The summed E-state index contributed by atoms with van der Waals surface area (Å²) in [5.41, 5.74) is -0.0317. The summed E-state index contributed by atoms with van der Waals surface area (Å²) in [4.78, 5) is 18.5. The fourth-order valence-electron chi connectivity index (χ4n) is 1.56. The normalized spacial score (nSPS) is 12.1. The third-order valence-electron chi connectivity index (χ3n) is 2.49. The van der Waals surface area contributed by atoms with Crippen LogP contribution in [0.15, 0.2) is 12.4 Å². The molecule has 0 radical (unpaired) electrons. The second kappa shape index (κ2) is 6.83. The molecule has 0 aromatic carbocycles. The van der Waals surface area contributed by atoms with Gasteiger partial charge in [-0.15, -0.1) is 0 Å². The summed E-state index contributed by atoms with van der Waals surface area (Å²) in [5, 5.41) is 11.9. The van der Waals surface area contributed by atoms with Crippen molar-refractivity contribution in [1.82, 2.24) is 9.97 Å². The van der Waals surface area contributed by atoms with Gasteiger partial charge in [0, 0.05) is 6.04 Å². The van der Waals surface area contributed by atoms with Gasteiger partial charge in [-0.2, -0.15) is 0 Å². The summed E-state index contributed by atoms with van der Waals surface area (Å²) in [6, 6.07) is 0.278. The largest absolute Gasteiger partial charge is 0.476 e. The van der Waals surface area contributed by atoms with Crippen LogP contribution in [-0.4, -0.2) is 27.1 Å². The first-order chi connectivity index (χ1) is 8.13. The molecule has 0 bridgehead atoms. The Kier molecular flexibility index (Phi) is 5.39. The minimum atomic E-state index is -1.06. The number of aromatic nitrogens is 2. The molecule has 5 heteroatoms. The smallest absolute Gasteiger partial charge is 0.356 e. The predicted octanol–water partition coefficient (Wildman–Crippen LogP) is 2.56. The van der Waals surface area contributed by atoms with Gasteiger partial charge >= 0.3 is 5.97 Å². The lowest BCUT2D eigenvalue weighted by Gasteiger charge is -2.13. The second-order valence-electron chi connectivity index (χ2n) is 4.14. The second-order valence-corrected chi connectivity index (χ2v) is 4.14. The Morgan fingerprint density at radius 1 is 1.47 bits per heavy atom. The fourth-order valence-corrected chi connectivity index (χ4v) is 1.56. The number of rotatable bonds is 7. The van der Waals surface area contributed by atoms with E-state index in [1.165, 1.54) is 19.0 Å². The molecule has 0 aliphatic carbocycles. The van der Waals surface area contributed by atoms with Crippen LogP contribution in [0.2, 0.25) is 0 Å². The average molecular weight is 237 g/mol. The van der Waals surface area contributed by atoms with Gasteiger partial charge in [-0.1, -0.05) is 26.2 Å². The molecule has 0 spiro atoms. The van der Waals surface area contributed by atoms with Gasteiger partial charge in [0.25, 0.3) is 0 Å². The lowest BCUT2D eigenvalue weighted by molar-refractivity contribution is 0.0690. The summed E-state index contributed by atoms with van der Waals surface area (Å²) >= 11 is 0. The molecule has 1 heterocycles. The quantitative estimate of drug-likeness (QED) is 0.713. The highest BCUT2D eigenvalue weighted by Gasteiger charge is 2.08. The summed E-state index contributed by atoms with van der Waals surface area (Å²) < 4.78 is 0. The Labute approximate surface area is 101 Å². The van der Waals surface area contributed by atoms with Crippen LogP contribution in [0.25, 0.3) is 0 Å². The maximum absolute atomic E-state index is 10.7. The first kappa shape index (κ1) is 13.4. The Bertz CT molecular complexity index is 369. The molecule has 0 aliphatic rings. The molecule has 0 saturated heterocycles. The van der Waals surface area contributed by atoms with Crippen LogP contribution in [0.5, 0.6) is 0 Å². The van der Waals surface area contributed by atoms with Crippen molar-refractivity contribution in [3.05, 3.63) is 18.1 Å². The van der Waals surface area contributed by atoms with Crippen molar-refractivity contribution in [2.45, 2.75) is 45.6 Å². The molecule has 17 heavy (non-hydrogen) atoms. The van der Waals surface area contributed by atoms with E-state index in [1.807, 2.05) is 0 Å². The molecule has 1 rings (SSSR count). The number of carbonyl (C=O) groups is 1. The highest BCUT2D eigenvalue weighted by atomic mass is 16.4. The van der Waals surface area contributed by atoms with Crippen molar-refractivity contribution < 1.29 is 9.90 Å². The molecular formula is C12H19N3O2. The molecule has 0 saturated carbocycles. The lowest BCUT2D eigenvalue weighted by Crippen LogP contribution is -2.17. The Hall–Kier alpha value is -1.65. The van der Waals surface area contributed by atoms with E-state index in [0.29, 0.717) is 5.82 Å². The van der Waals surface area contributed by atoms with Gasteiger partial charge in [-0.25, -0.2) is 9.78 Å². The van der Waals surface area contributed by atoms with Gasteiger partial charge in [0.2, 0.25) is 0 Å². The molecule has 94 valence electrons. The third kappa shape index (κ3) is 4.80. The SMILES string of the molecule is CCCCCC(C)Nc1cncc(C(=O)O)n1. The number of unbranched alkanes of at least 4 members (excludes halogenated alkanes) is 2. The minimum absolute atomic E-state index is 0.0317. The van der Waals surface area contributed by atoms with Gasteiger partial charge in [-0.3, -0.25) is 4.98 Å². The van der Waals surface area contributed by atoms with E-state index in [0.717, 1.165) is 12.8 Å². The Morgan fingerprint density at radius 3 is 2.88 bits per heavy atom. The van der Waals surface area contributed by atoms with Crippen LogP contribution in [0, 0.1) is 0 Å². The molecule has 2 N–H and O–H groups in total. The minimum Gasteiger partial charge on any atom is -0.476 e. The van der Waals surface area contributed by atoms with E-state index in [9.17, 15) is 4.79 Å². The van der Waals surface area contributed by atoms with E-state index in [-0.39, 0.29) is 11.7 Å². The molecule has 5 nitrogen and oxygen atoms in total. The van der Waals surface area contributed by atoms with Crippen LogP contribution in [0.1, 0.15) is 50.0 Å². The molecular weight excluding hydrogens is 218 g/mol. The maximum Gasteiger partial charge on any atom is 0.356 e. The van der Waals surface area contributed by atoms with Crippen molar-refractivity contribution in [1.29, 1.82) is 0 Å². The predicted molar refractivity (Wildman–Crippen MR) is 66.2 cm³/mol. The molecule has 1 unspecified atom stereocenters. The summed E-state index contributed by atoms with van der Waals surface area (Å²) in [6.07, 6.45) is 7.41. The monoisotopic (exact) mass is 237 g/mol. The van der Waals surface area contributed by atoms with Crippen molar-refractivity contribution in [2.75, 3.05) is 5.32 Å². The zero-order valence-electron chi connectivity index (χ0n) is 10.3. The first-order valence-corrected chi connectivity index (χ1v) is 5.95. The van der Waals surface area contributed by atoms with Gasteiger partial charge in [-0.05, 0) is 13.3 Å². The molecule has 0 amide bonds. The Morgan fingerprint density at radius 2 is 2.24 bits per heavy atom. The number of carboxylic acid groups (broad SMARTS) is 1. The highest BCUT2D eigenvalue weighted by Crippen LogP contribution is 2.09. The number of anilines is 1. The van der Waals surface area contributed by atoms with E-state index in [4.69, 9.17) is 5.11 Å². The van der Waals surface area contributed by atoms with Crippen molar-refractivity contribution >= 4 is 11.8 Å². The van der Waals surface area contributed by atoms with Crippen molar-refractivity contribution in [3.63, 3.8) is 0 Å². The van der Waals surface area contributed by atoms with E-state index in [1.54, 1.807) is 6.20 Å². The summed E-state index contributed by atoms with van der Waals surface area (Å²) in [6.45, 7) is 4.23. The summed E-state index contributed by atoms with van der Waals surface area (Å²) in [5.74, 6) is -0.534. The molecule has 0 aliphatic heterocycles. The fraction of sp³-hybridized carbons (Fsp3) is 0.583. The first-order valence-electron chi connectivity index (χ1n) is 5.95. The average Bonchev–Trinajstić information content (AvgIpc) is 2.29. The van der Waals surface area contributed by atoms with E-state index >= 15 is 0 Å². The molecule has 1 aromatic heterocycles. The van der Waals surface area contributed by atoms with Crippen molar-refractivity contribution in [2.24, 2.45) is 0 Å². The van der Waals surface area contributed by atoms with Gasteiger partial charge < -0.3 is 10.4 Å². The standard InChI is InChI=1S/C12H19N3O2/c1-3-4-5-6-9(2)14-11-8-13-7-10(15-11)12(16)17/h7-9H,3-6H2,1-2H3,(H,14,15)(H,16,17). The summed E-state index contributed by atoms with van der Waals surface area (Å²) in [7, 11) is 0. The number of aromatic carboxylic acids is 1. The number of hydrogen-bond acceptors (Lipinski definition) is 4. The molecule has 0 fully saturated rings. The van der Waals surface area contributed by atoms with Crippen LogP contribution < -0.4 is 5.32 Å². The molecule has 1 atom stereocenters. The Balaban J connectivity index is 2.50. The van der Waals surface area contributed by atoms with Crippen LogP contribution in [0.4, 0.5) is 5.82 Å². The lowest BCUT2D eigenvalue weighted by atomic mass is 10.1.